The molecule has 0 N–H and O–H groups in total. The Labute approximate surface area is 93.7 Å². The number of nitrogens with zero attached hydrogens (tertiary/aromatic N) is 3. The first-order chi connectivity index (χ1) is 7.85. The minimum Gasteiger partial charge on any atom is -0.497 e. The molecule has 0 amide bonds. The van der Waals surface area contributed by atoms with Crippen molar-refractivity contribution in [1.82, 2.24) is 9.55 Å². The van der Waals surface area contributed by atoms with Gasteiger partial charge in [-0.15, -0.1) is 0 Å². The van der Waals surface area contributed by atoms with E-state index in [1.807, 2.05) is 24.3 Å². The highest BCUT2D eigenvalue weighted by Gasteiger charge is 2.05. The third-order valence-corrected chi connectivity index (χ3v) is 2.28. The first kappa shape index (κ1) is 10.2. The largest absolute Gasteiger partial charge is 0.497 e. The van der Waals surface area contributed by atoms with E-state index >= 15 is 0 Å². The molecule has 80 valence electrons. The van der Waals surface area contributed by atoms with Gasteiger partial charge in [-0.25, -0.2) is 4.98 Å². The minimum absolute atomic E-state index is 0.298. The number of ether oxygens (including phenoxy) is 1. The maximum absolute atomic E-state index is 8.69. The molecule has 0 unspecified atom stereocenters. The quantitative estimate of drug-likeness (QED) is 0.784. The van der Waals surface area contributed by atoms with E-state index in [9.17, 15) is 0 Å². The molecular weight excluding hydrogens is 202 g/mol. The maximum atomic E-state index is 8.69. The highest BCUT2D eigenvalue weighted by Crippen LogP contribution is 2.22. The molecule has 4 nitrogen and oxygen atoms in total. The van der Waals surface area contributed by atoms with E-state index in [-0.39, 0.29) is 0 Å². The van der Waals surface area contributed by atoms with E-state index in [0.717, 1.165) is 17.1 Å². The van der Waals surface area contributed by atoms with Crippen LogP contribution in [0.15, 0.2) is 36.7 Å². The van der Waals surface area contributed by atoms with Crippen molar-refractivity contribution in [3.8, 4) is 23.2 Å². The van der Waals surface area contributed by atoms with Crippen molar-refractivity contribution >= 4 is 0 Å². The zero-order valence-electron chi connectivity index (χ0n) is 8.92. The molecule has 1 aromatic heterocycles. The Morgan fingerprint density at radius 3 is 3.12 bits per heavy atom. The second kappa shape index (κ2) is 4.49. The molecule has 2 aromatic rings. The summed E-state index contributed by atoms with van der Waals surface area (Å²) in [5.74, 6) is 1.56. The van der Waals surface area contributed by atoms with E-state index in [2.05, 4.69) is 11.1 Å². The van der Waals surface area contributed by atoms with Gasteiger partial charge in [-0.2, -0.15) is 5.26 Å². The van der Waals surface area contributed by atoms with Gasteiger partial charge in [0.2, 0.25) is 0 Å². The molecule has 0 spiro atoms. The van der Waals surface area contributed by atoms with E-state index in [4.69, 9.17) is 10.00 Å². The van der Waals surface area contributed by atoms with E-state index in [0.29, 0.717) is 6.54 Å². The van der Waals surface area contributed by atoms with Crippen LogP contribution in [-0.4, -0.2) is 16.7 Å². The highest BCUT2D eigenvalue weighted by atomic mass is 16.5. The van der Waals surface area contributed by atoms with Crippen molar-refractivity contribution in [3.05, 3.63) is 36.7 Å². The molecular formula is C12H11N3O. The number of hydrogen-bond acceptors (Lipinski definition) is 3. The third kappa shape index (κ3) is 1.89. The van der Waals surface area contributed by atoms with Crippen LogP contribution in [-0.2, 0) is 6.54 Å². The predicted octanol–water partition coefficient (Wildman–Crippen LogP) is 2.08. The van der Waals surface area contributed by atoms with Crippen LogP contribution < -0.4 is 4.74 Å². The zero-order chi connectivity index (χ0) is 11.4. The first-order valence-corrected chi connectivity index (χ1v) is 4.87. The van der Waals surface area contributed by atoms with Crippen molar-refractivity contribution in [1.29, 1.82) is 5.26 Å². The van der Waals surface area contributed by atoms with Gasteiger partial charge in [0.1, 0.15) is 18.1 Å². The van der Waals surface area contributed by atoms with Gasteiger partial charge in [-0.05, 0) is 12.1 Å². The highest BCUT2D eigenvalue weighted by molar-refractivity contribution is 5.58. The Balaban J connectivity index is 2.42. The van der Waals surface area contributed by atoms with Crippen LogP contribution in [0.25, 0.3) is 11.4 Å². The SMILES string of the molecule is COc1cccc(-c2nccn2CC#N)c1. The standard InChI is InChI=1S/C12H11N3O/c1-16-11-4-2-3-10(9-11)12-14-6-8-15(12)7-5-13/h2-4,6,8-9H,7H2,1H3. The predicted molar refractivity (Wildman–Crippen MR) is 59.8 cm³/mol. The van der Waals surface area contributed by atoms with Gasteiger partial charge in [-0.3, -0.25) is 0 Å². The van der Waals surface area contributed by atoms with E-state index in [1.165, 1.54) is 0 Å². The van der Waals surface area contributed by atoms with Crippen LogP contribution in [0.2, 0.25) is 0 Å². The molecule has 0 saturated heterocycles. The van der Waals surface area contributed by atoms with Crippen LogP contribution in [0, 0.1) is 11.3 Å². The number of nitriles is 1. The summed E-state index contributed by atoms with van der Waals surface area (Å²) >= 11 is 0. The molecule has 0 saturated carbocycles. The Morgan fingerprint density at radius 1 is 1.50 bits per heavy atom. The zero-order valence-corrected chi connectivity index (χ0v) is 8.92. The van der Waals surface area contributed by atoms with Crippen molar-refractivity contribution in [3.63, 3.8) is 0 Å². The number of aromatic nitrogens is 2. The maximum Gasteiger partial charge on any atom is 0.140 e. The molecule has 0 aliphatic rings. The number of hydrogen-bond donors (Lipinski definition) is 0. The molecule has 1 aromatic carbocycles. The number of rotatable bonds is 3. The summed E-state index contributed by atoms with van der Waals surface area (Å²) in [6.45, 7) is 0.298. The lowest BCUT2D eigenvalue weighted by Crippen LogP contribution is -1.97. The molecule has 0 fully saturated rings. The van der Waals surface area contributed by atoms with Gasteiger partial charge >= 0.3 is 0 Å². The topological polar surface area (TPSA) is 50.8 Å². The van der Waals surface area contributed by atoms with Crippen molar-refractivity contribution in [2.45, 2.75) is 6.54 Å². The summed E-state index contributed by atoms with van der Waals surface area (Å²) in [5.41, 5.74) is 0.944. The van der Waals surface area contributed by atoms with E-state index in [1.54, 1.807) is 24.1 Å². The fourth-order valence-electron chi connectivity index (χ4n) is 1.54. The van der Waals surface area contributed by atoms with Crippen LogP contribution >= 0.6 is 0 Å². The Hall–Kier alpha value is -2.28. The summed E-state index contributed by atoms with van der Waals surface area (Å²) in [5, 5.41) is 8.69. The van der Waals surface area contributed by atoms with Crippen LogP contribution in [0.5, 0.6) is 5.75 Å². The van der Waals surface area contributed by atoms with Gasteiger partial charge in [0.05, 0.1) is 13.2 Å². The Bertz CT molecular complexity index is 525. The van der Waals surface area contributed by atoms with Crippen LogP contribution in [0.1, 0.15) is 0 Å². The smallest absolute Gasteiger partial charge is 0.140 e. The summed E-state index contributed by atoms with van der Waals surface area (Å²) in [7, 11) is 1.63. The number of imidazole rings is 1. The second-order valence-corrected chi connectivity index (χ2v) is 3.27. The van der Waals surface area contributed by atoms with E-state index < -0.39 is 0 Å². The number of methoxy groups -OCH3 is 1. The van der Waals surface area contributed by atoms with Gasteiger partial charge in [0.15, 0.2) is 0 Å². The van der Waals surface area contributed by atoms with Gasteiger partial charge in [0.25, 0.3) is 0 Å². The average molecular weight is 213 g/mol. The Morgan fingerprint density at radius 2 is 2.38 bits per heavy atom. The molecule has 0 atom stereocenters. The van der Waals surface area contributed by atoms with Crippen LogP contribution in [0.3, 0.4) is 0 Å². The molecule has 4 heteroatoms. The van der Waals surface area contributed by atoms with Crippen LogP contribution in [0.4, 0.5) is 0 Å². The average Bonchev–Trinajstić information content (AvgIpc) is 2.78. The molecule has 1 heterocycles. The molecule has 16 heavy (non-hydrogen) atoms. The first-order valence-electron chi connectivity index (χ1n) is 4.87. The van der Waals surface area contributed by atoms with Gasteiger partial charge in [0, 0.05) is 18.0 Å². The second-order valence-electron chi connectivity index (χ2n) is 3.27. The number of benzene rings is 1. The molecule has 0 bridgehead atoms. The van der Waals surface area contributed by atoms with Crippen molar-refractivity contribution in [2.75, 3.05) is 7.11 Å². The summed E-state index contributed by atoms with van der Waals surface area (Å²) in [6, 6.07) is 9.72. The lowest BCUT2D eigenvalue weighted by molar-refractivity contribution is 0.415. The summed E-state index contributed by atoms with van der Waals surface area (Å²) in [6.07, 6.45) is 3.48. The molecule has 0 radical (unpaired) electrons. The fraction of sp³-hybridized carbons (Fsp3) is 0.167. The monoisotopic (exact) mass is 213 g/mol. The Kier molecular flexibility index (Phi) is 2.88. The van der Waals surface area contributed by atoms with Gasteiger partial charge in [-0.1, -0.05) is 12.1 Å². The lowest BCUT2D eigenvalue weighted by atomic mass is 10.2. The van der Waals surface area contributed by atoms with Gasteiger partial charge < -0.3 is 9.30 Å². The van der Waals surface area contributed by atoms with Crippen molar-refractivity contribution < 1.29 is 4.74 Å². The molecule has 0 aliphatic heterocycles. The molecule has 2 rings (SSSR count). The summed E-state index contributed by atoms with van der Waals surface area (Å²) in [4.78, 5) is 4.24. The molecule has 0 aliphatic carbocycles. The third-order valence-electron chi connectivity index (χ3n) is 2.28. The normalized spacial score (nSPS) is 9.75. The summed E-state index contributed by atoms with van der Waals surface area (Å²) < 4.78 is 6.95. The fourth-order valence-corrected chi connectivity index (χ4v) is 1.54. The minimum atomic E-state index is 0.298. The van der Waals surface area contributed by atoms with Crippen molar-refractivity contribution in [2.24, 2.45) is 0 Å². The lowest BCUT2D eigenvalue weighted by Gasteiger charge is -2.05.